The van der Waals surface area contributed by atoms with Crippen molar-refractivity contribution in [2.45, 2.75) is 19.9 Å². The molecule has 1 aliphatic heterocycles. The molecule has 5 heteroatoms. The van der Waals surface area contributed by atoms with E-state index in [9.17, 15) is 4.79 Å². The van der Waals surface area contributed by atoms with Gasteiger partial charge in [-0.3, -0.25) is 0 Å². The Kier molecular flexibility index (Phi) is 3.89. The molecule has 0 saturated heterocycles. The fraction of sp³-hybridized carbons (Fsp3) is 0.308. The molecule has 18 heavy (non-hydrogen) atoms. The summed E-state index contributed by atoms with van der Waals surface area (Å²) < 4.78 is 5.07. The maximum atomic E-state index is 12.0. The second kappa shape index (κ2) is 5.42. The van der Waals surface area contributed by atoms with Crippen LogP contribution in [0.2, 0.25) is 0 Å². The molecular formula is C13H16N3O2. The third-order valence-electron chi connectivity index (χ3n) is 2.76. The van der Waals surface area contributed by atoms with Crippen LogP contribution >= 0.6 is 0 Å². The van der Waals surface area contributed by atoms with Gasteiger partial charge in [0.15, 0.2) is 5.96 Å². The first-order chi connectivity index (χ1) is 8.63. The van der Waals surface area contributed by atoms with E-state index >= 15 is 0 Å². The van der Waals surface area contributed by atoms with E-state index in [1.165, 1.54) is 0 Å². The molecule has 0 spiro atoms. The zero-order valence-electron chi connectivity index (χ0n) is 10.4. The molecule has 1 saturated carbocycles. The lowest BCUT2D eigenvalue weighted by Crippen LogP contribution is -2.41. The fourth-order valence-electron chi connectivity index (χ4n) is 1.99. The van der Waals surface area contributed by atoms with E-state index in [0.29, 0.717) is 23.8 Å². The lowest BCUT2D eigenvalue weighted by Gasteiger charge is -2.27. The minimum atomic E-state index is -0.389. The van der Waals surface area contributed by atoms with Gasteiger partial charge in [0.2, 0.25) is 0 Å². The van der Waals surface area contributed by atoms with Gasteiger partial charge in [-0.2, -0.15) is 0 Å². The topological polar surface area (TPSA) is 76.7 Å². The van der Waals surface area contributed by atoms with Crippen LogP contribution in [0, 0.1) is 31.6 Å². The summed E-state index contributed by atoms with van der Waals surface area (Å²) in [6, 6.07) is -0.389. The summed E-state index contributed by atoms with van der Waals surface area (Å²) in [5, 5.41) is 2.87. The molecule has 1 fully saturated rings. The molecule has 0 amide bonds. The third kappa shape index (κ3) is 2.49. The summed E-state index contributed by atoms with van der Waals surface area (Å²) in [7, 11) is 0. The molecule has 2 rings (SSSR count). The first kappa shape index (κ1) is 12.9. The highest BCUT2D eigenvalue weighted by molar-refractivity contribution is 5.95. The van der Waals surface area contributed by atoms with Gasteiger partial charge in [0.25, 0.3) is 0 Å². The molecule has 5 radical (unpaired) electrons. The van der Waals surface area contributed by atoms with Crippen molar-refractivity contribution in [3.05, 3.63) is 42.9 Å². The molecule has 0 aromatic heterocycles. The van der Waals surface area contributed by atoms with Crippen LogP contribution in [0.25, 0.3) is 0 Å². The average Bonchev–Trinajstić information content (AvgIpc) is 2.81. The second-order valence-electron chi connectivity index (χ2n) is 4.02. The SMILES string of the molecule is CCOC(=O)C1=C(C)NC(N)=NC1[C]1[CH][CH][CH][CH]1. The van der Waals surface area contributed by atoms with Crippen LogP contribution in [0.1, 0.15) is 13.8 Å². The maximum absolute atomic E-state index is 12.0. The summed E-state index contributed by atoms with van der Waals surface area (Å²) in [4.78, 5) is 16.3. The van der Waals surface area contributed by atoms with Gasteiger partial charge in [0, 0.05) is 11.6 Å². The smallest absolute Gasteiger partial charge is 0.337 e. The fourth-order valence-corrected chi connectivity index (χ4v) is 1.99. The molecule has 2 aliphatic rings. The van der Waals surface area contributed by atoms with Gasteiger partial charge in [-0.05, 0) is 39.5 Å². The van der Waals surface area contributed by atoms with E-state index in [4.69, 9.17) is 10.5 Å². The van der Waals surface area contributed by atoms with Crippen molar-refractivity contribution in [1.29, 1.82) is 0 Å². The molecule has 1 aliphatic carbocycles. The van der Waals surface area contributed by atoms with Crippen LogP contribution in [-0.2, 0) is 9.53 Å². The average molecular weight is 246 g/mol. The number of hydrogen-bond donors (Lipinski definition) is 2. The number of nitrogens with zero attached hydrogens (tertiary/aromatic N) is 1. The van der Waals surface area contributed by atoms with Crippen molar-refractivity contribution >= 4 is 11.9 Å². The normalized spacial score (nSPS) is 24.8. The van der Waals surface area contributed by atoms with Crippen molar-refractivity contribution in [2.24, 2.45) is 10.7 Å². The predicted octanol–water partition coefficient (Wildman–Crippen LogP) is 0.515. The number of carbonyl (C=O) groups excluding carboxylic acids is 1. The van der Waals surface area contributed by atoms with Crippen molar-refractivity contribution in [3.63, 3.8) is 0 Å². The molecule has 0 bridgehead atoms. The van der Waals surface area contributed by atoms with Crippen molar-refractivity contribution in [2.75, 3.05) is 6.61 Å². The first-order valence-electron chi connectivity index (χ1n) is 5.83. The van der Waals surface area contributed by atoms with E-state index in [1.807, 2.05) is 25.7 Å². The highest BCUT2D eigenvalue weighted by atomic mass is 16.5. The first-order valence-corrected chi connectivity index (χ1v) is 5.83. The van der Waals surface area contributed by atoms with Crippen molar-refractivity contribution in [1.82, 2.24) is 5.32 Å². The number of guanidine groups is 1. The molecule has 1 heterocycles. The van der Waals surface area contributed by atoms with Gasteiger partial charge >= 0.3 is 5.97 Å². The van der Waals surface area contributed by atoms with E-state index in [0.717, 1.165) is 5.92 Å². The van der Waals surface area contributed by atoms with Crippen LogP contribution in [0.15, 0.2) is 16.3 Å². The Morgan fingerprint density at radius 3 is 2.78 bits per heavy atom. The Balaban J connectivity index is 2.26. The second-order valence-corrected chi connectivity index (χ2v) is 4.02. The summed E-state index contributed by atoms with van der Waals surface area (Å²) in [6.45, 7) is 3.91. The molecule has 3 N–H and O–H groups in total. The molecule has 95 valence electrons. The Hall–Kier alpha value is -1.52. The minimum Gasteiger partial charge on any atom is -0.463 e. The lowest BCUT2D eigenvalue weighted by molar-refractivity contribution is -0.138. The summed E-state index contributed by atoms with van der Waals surface area (Å²) >= 11 is 0. The highest BCUT2D eigenvalue weighted by Gasteiger charge is 2.36. The Morgan fingerprint density at radius 2 is 2.17 bits per heavy atom. The van der Waals surface area contributed by atoms with Crippen LogP contribution in [0.4, 0.5) is 0 Å². The number of rotatable bonds is 3. The van der Waals surface area contributed by atoms with Gasteiger partial charge in [-0.1, -0.05) is 0 Å². The highest BCUT2D eigenvalue weighted by Crippen LogP contribution is 2.34. The minimum absolute atomic E-state index is 0.312. The Morgan fingerprint density at radius 1 is 1.50 bits per heavy atom. The van der Waals surface area contributed by atoms with Crippen molar-refractivity contribution in [3.8, 4) is 0 Å². The lowest BCUT2D eigenvalue weighted by atomic mass is 9.90. The zero-order valence-corrected chi connectivity index (χ0v) is 10.4. The predicted molar refractivity (Wildman–Crippen MR) is 68.3 cm³/mol. The summed E-state index contributed by atoms with van der Waals surface area (Å²) in [6.07, 6.45) is 7.64. The number of hydrogen-bond acceptors (Lipinski definition) is 5. The van der Waals surface area contributed by atoms with E-state index < -0.39 is 0 Å². The number of allylic oxidation sites excluding steroid dienone is 1. The molecule has 0 aromatic carbocycles. The van der Waals surface area contributed by atoms with E-state index in [1.54, 1.807) is 13.8 Å². The molecule has 1 atom stereocenters. The quantitative estimate of drug-likeness (QED) is 0.712. The molecule has 0 aromatic rings. The van der Waals surface area contributed by atoms with Crippen molar-refractivity contribution < 1.29 is 9.53 Å². The number of carbonyl (C=O) groups is 1. The maximum Gasteiger partial charge on any atom is 0.337 e. The van der Waals surface area contributed by atoms with E-state index in [2.05, 4.69) is 10.3 Å². The number of nitrogens with one attached hydrogen (secondary N) is 1. The monoisotopic (exact) mass is 246 g/mol. The number of aliphatic imine (C=N–C) groups is 1. The van der Waals surface area contributed by atoms with Crippen LogP contribution < -0.4 is 11.1 Å². The number of esters is 1. The number of nitrogens with two attached hydrogens (primary N) is 1. The number of ether oxygens (including phenoxy) is 1. The third-order valence-corrected chi connectivity index (χ3v) is 2.76. The molecule has 5 nitrogen and oxygen atoms in total. The van der Waals surface area contributed by atoms with Gasteiger partial charge in [-0.15, -0.1) is 0 Å². The zero-order chi connectivity index (χ0) is 13.1. The molecule has 1 unspecified atom stereocenters. The van der Waals surface area contributed by atoms with Gasteiger partial charge in [0.05, 0.1) is 18.2 Å². The van der Waals surface area contributed by atoms with Crippen LogP contribution in [-0.4, -0.2) is 24.6 Å². The largest absolute Gasteiger partial charge is 0.463 e. The van der Waals surface area contributed by atoms with Gasteiger partial charge in [-0.25, -0.2) is 9.79 Å². The standard InChI is InChI=1S/C13H16N3O2/c1-3-18-12(17)10-8(2)15-13(14)16-11(10)9-6-4-5-7-9/h4-7,11H,3H2,1-2H3,(H3,14,15,16). The van der Waals surface area contributed by atoms with Crippen LogP contribution in [0.5, 0.6) is 0 Å². The Labute approximate surface area is 107 Å². The van der Waals surface area contributed by atoms with Gasteiger partial charge in [0.1, 0.15) is 0 Å². The van der Waals surface area contributed by atoms with E-state index in [-0.39, 0.29) is 12.0 Å². The summed E-state index contributed by atoms with van der Waals surface area (Å²) in [5.41, 5.74) is 6.91. The summed E-state index contributed by atoms with van der Waals surface area (Å²) in [5.74, 6) is 0.888. The molecular weight excluding hydrogens is 230 g/mol. The van der Waals surface area contributed by atoms with Crippen LogP contribution in [0.3, 0.4) is 0 Å². The van der Waals surface area contributed by atoms with Gasteiger partial charge < -0.3 is 15.8 Å². The Bertz CT molecular complexity index is 395.